The summed E-state index contributed by atoms with van der Waals surface area (Å²) in [7, 11) is 1.16. The van der Waals surface area contributed by atoms with Crippen molar-refractivity contribution in [3.63, 3.8) is 0 Å². The number of rotatable bonds is 5. The maximum Gasteiger partial charge on any atom is 0.336 e. The molecule has 1 amide bonds. The van der Waals surface area contributed by atoms with Crippen molar-refractivity contribution in [1.29, 1.82) is 0 Å². The van der Waals surface area contributed by atoms with Gasteiger partial charge in [0.2, 0.25) is 0 Å². The van der Waals surface area contributed by atoms with Gasteiger partial charge in [0.25, 0.3) is 5.91 Å². The number of esters is 1. The van der Waals surface area contributed by atoms with E-state index in [1.54, 1.807) is 4.57 Å². The van der Waals surface area contributed by atoms with E-state index in [2.05, 4.69) is 15.0 Å². The minimum absolute atomic E-state index is 0.231. The lowest BCUT2D eigenvalue weighted by Crippen LogP contribution is -2.37. The number of para-hydroxylation sites is 1. The van der Waals surface area contributed by atoms with E-state index in [-0.39, 0.29) is 6.54 Å². The summed E-state index contributed by atoms with van der Waals surface area (Å²) in [5, 5.41) is 11.9. The number of ether oxygens (including phenoxy) is 1. The summed E-state index contributed by atoms with van der Waals surface area (Å²) in [6, 6.07) is 9.23. The van der Waals surface area contributed by atoms with Gasteiger partial charge in [0.05, 0.1) is 26.2 Å². The number of nitrogens with zero attached hydrogens (tertiary/aromatic N) is 2. The average Bonchev–Trinajstić information content (AvgIpc) is 3.01. The van der Waals surface area contributed by atoms with Gasteiger partial charge in [-0.2, -0.15) is 0 Å². The predicted molar refractivity (Wildman–Crippen MR) is 73.9 cm³/mol. The van der Waals surface area contributed by atoms with Gasteiger partial charge in [-0.25, -0.2) is 9.78 Å². The Labute approximate surface area is 121 Å². The Morgan fingerprint density at radius 2 is 2.10 bits per heavy atom. The number of benzene rings is 1. The Kier molecular flexibility index (Phi) is 4.68. The fourth-order valence-electron chi connectivity index (χ4n) is 1.76. The summed E-state index contributed by atoms with van der Waals surface area (Å²) >= 11 is 0. The van der Waals surface area contributed by atoms with E-state index in [1.165, 1.54) is 12.5 Å². The van der Waals surface area contributed by atoms with Crippen molar-refractivity contribution in [2.24, 2.45) is 0 Å². The van der Waals surface area contributed by atoms with Gasteiger partial charge in [0, 0.05) is 5.69 Å². The second kappa shape index (κ2) is 6.67. The summed E-state index contributed by atoms with van der Waals surface area (Å²) in [5.74, 6) is -1.24. The first-order valence-electron chi connectivity index (χ1n) is 6.25. The molecule has 0 aliphatic carbocycles. The monoisotopic (exact) mass is 289 g/mol. The van der Waals surface area contributed by atoms with Gasteiger partial charge in [-0.15, -0.1) is 0 Å². The third kappa shape index (κ3) is 3.46. The zero-order valence-corrected chi connectivity index (χ0v) is 11.4. The fourth-order valence-corrected chi connectivity index (χ4v) is 1.76. The van der Waals surface area contributed by atoms with E-state index in [1.807, 2.05) is 30.3 Å². The minimum Gasteiger partial charge on any atom is -0.467 e. The quantitative estimate of drug-likeness (QED) is 0.763. The van der Waals surface area contributed by atoms with Gasteiger partial charge in [-0.3, -0.25) is 9.36 Å². The number of aliphatic hydroxyl groups is 1. The zero-order chi connectivity index (χ0) is 15.2. The third-order valence-electron chi connectivity index (χ3n) is 2.83. The molecule has 0 spiro atoms. The zero-order valence-electron chi connectivity index (χ0n) is 11.4. The number of methoxy groups -OCH3 is 1. The van der Waals surface area contributed by atoms with Crippen LogP contribution in [0.3, 0.4) is 0 Å². The summed E-state index contributed by atoms with van der Waals surface area (Å²) in [4.78, 5) is 27.1. The Morgan fingerprint density at radius 1 is 1.38 bits per heavy atom. The van der Waals surface area contributed by atoms with Crippen LogP contribution in [0.1, 0.15) is 10.5 Å². The molecular formula is C14H15N3O4. The molecule has 1 heterocycles. The molecule has 2 rings (SSSR count). The van der Waals surface area contributed by atoms with Crippen LogP contribution in [-0.4, -0.2) is 46.3 Å². The second-order valence-corrected chi connectivity index (χ2v) is 4.23. The molecule has 0 aliphatic heterocycles. The summed E-state index contributed by atoms with van der Waals surface area (Å²) in [6.45, 7) is -0.231. The molecule has 1 unspecified atom stereocenters. The Morgan fingerprint density at radius 3 is 2.76 bits per heavy atom. The molecule has 2 N–H and O–H groups in total. The van der Waals surface area contributed by atoms with Crippen LogP contribution < -0.4 is 5.32 Å². The maximum atomic E-state index is 12.1. The highest BCUT2D eigenvalue weighted by molar-refractivity contribution is 5.93. The highest BCUT2D eigenvalue weighted by Crippen LogP contribution is 2.10. The number of aromatic nitrogens is 2. The first kappa shape index (κ1) is 14.7. The van der Waals surface area contributed by atoms with Crippen LogP contribution >= 0.6 is 0 Å². The molecule has 1 aromatic carbocycles. The number of carbonyl (C=O) groups is 2. The number of amides is 1. The van der Waals surface area contributed by atoms with E-state index in [4.69, 9.17) is 0 Å². The van der Waals surface area contributed by atoms with Crippen molar-refractivity contribution in [2.75, 3.05) is 13.7 Å². The highest BCUT2D eigenvalue weighted by Gasteiger charge is 2.18. The second-order valence-electron chi connectivity index (χ2n) is 4.23. The molecule has 0 radical (unpaired) electrons. The molecule has 21 heavy (non-hydrogen) atoms. The van der Waals surface area contributed by atoms with Gasteiger partial charge in [0.15, 0.2) is 6.10 Å². The SMILES string of the molecule is COC(=O)C(O)CNC(=O)c1cncn1-c1ccccc1. The van der Waals surface area contributed by atoms with Gasteiger partial charge < -0.3 is 15.2 Å². The van der Waals surface area contributed by atoms with Gasteiger partial charge in [-0.1, -0.05) is 18.2 Å². The van der Waals surface area contributed by atoms with Gasteiger partial charge >= 0.3 is 5.97 Å². The molecule has 110 valence electrons. The first-order valence-corrected chi connectivity index (χ1v) is 6.25. The topological polar surface area (TPSA) is 93.4 Å². The van der Waals surface area contributed by atoms with E-state index >= 15 is 0 Å². The normalized spacial score (nSPS) is 11.7. The first-order chi connectivity index (χ1) is 10.1. The van der Waals surface area contributed by atoms with Crippen LogP contribution in [0.4, 0.5) is 0 Å². The van der Waals surface area contributed by atoms with Crippen molar-refractivity contribution in [3.05, 3.63) is 48.5 Å². The van der Waals surface area contributed by atoms with Crippen molar-refractivity contribution in [3.8, 4) is 5.69 Å². The number of nitrogens with one attached hydrogen (secondary N) is 1. The maximum absolute atomic E-state index is 12.1. The Hall–Kier alpha value is -2.67. The average molecular weight is 289 g/mol. The van der Waals surface area contributed by atoms with Gasteiger partial charge in [0.1, 0.15) is 5.69 Å². The number of hydrogen-bond acceptors (Lipinski definition) is 5. The number of hydrogen-bond donors (Lipinski definition) is 2. The molecule has 0 saturated carbocycles. The standard InChI is InChI=1S/C14H15N3O4/c1-21-14(20)12(18)8-16-13(19)11-7-15-9-17(11)10-5-3-2-4-6-10/h2-7,9,12,18H,8H2,1H3,(H,16,19). The van der Waals surface area contributed by atoms with Crippen molar-refractivity contribution in [2.45, 2.75) is 6.10 Å². The van der Waals surface area contributed by atoms with Crippen molar-refractivity contribution >= 4 is 11.9 Å². The summed E-state index contributed by atoms with van der Waals surface area (Å²) in [6.07, 6.45) is 1.53. The third-order valence-corrected chi connectivity index (χ3v) is 2.83. The predicted octanol–water partition coefficient (Wildman–Crippen LogP) is 0.136. The van der Waals surface area contributed by atoms with Crippen LogP contribution in [0.2, 0.25) is 0 Å². The van der Waals surface area contributed by atoms with Gasteiger partial charge in [-0.05, 0) is 12.1 Å². The lowest BCUT2D eigenvalue weighted by Gasteiger charge is -2.11. The lowest BCUT2D eigenvalue weighted by molar-refractivity contribution is -0.149. The fraction of sp³-hybridized carbons (Fsp3) is 0.214. The molecular weight excluding hydrogens is 274 g/mol. The van der Waals surface area contributed by atoms with Crippen LogP contribution in [0, 0.1) is 0 Å². The molecule has 0 aliphatic rings. The summed E-state index contributed by atoms with van der Waals surface area (Å²) < 4.78 is 5.98. The largest absolute Gasteiger partial charge is 0.467 e. The lowest BCUT2D eigenvalue weighted by atomic mass is 10.3. The molecule has 2 aromatic rings. The number of carbonyl (C=O) groups excluding carboxylic acids is 2. The highest BCUT2D eigenvalue weighted by atomic mass is 16.5. The molecule has 0 saturated heterocycles. The number of imidazole rings is 1. The molecule has 1 aromatic heterocycles. The Balaban J connectivity index is 2.08. The van der Waals surface area contributed by atoms with Crippen molar-refractivity contribution < 1.29 is 19.4 Å². The van der Waals surface area contributed by atoms with Crippen LogP contribution in [0.5, 0.6) is 0 Å². The number of aliphatic hydroxyl groups excluding tert-OH is 1. The van der Waals surface area contributed by atoms with E-state index in [0.29, 0.717) is 5.69 Å². The molecule has 7 nitrogen and oxygen atoms in total. The molecule has 0 bridgehead atoms. The van der Waals surface area contributed by atoms with Crippen LogP contribution in [0.25, 0.3) is 5.69 Å². The molecule has 0 fully saturated rings. The Bertz CT molecular complexity index is 624. The van der Waals surface area contributed by atoms with E-state index < -0.39 is 18.0 Å². The minimum atomic E-state index is -1.40. The molecule has 1 atom stereocenters. The van der Waals surface area contributed by atoms with Crippen LogP contribution in [0.15, 0.2) is 42.9 Å². The summed E-state index contributed by atoms with van der Waals surface area (Å²) in [5.41, 5.74) is 1.09. The molecule has 7 heteroatoms. The van der Waals surface area contributed by atoms with E-state index in [0.717, 1.165) is 12.8 Å². The van der Waals surface area contributed by atoms with Crippen LogP contribution in [-0.2, 0) is 9.53 Å². The smallest absolute Gasteiger partial charge is 0.336 e. The van der Waals surface area contributed by atoms with Crippen molar-refractivity contribution in [1.82, 2.24) is 14.9 Å². The van der Waals surface area contributed by atoms with E-state index in [9.17, 15) is 14.7 Å².